The normalized spacial score (nSPS) is 11.6. The van der Waals surface area contributed by atoms with E-state index in [-0.39, 0.29) is 10.8 Å². The number of nitrogens with one attached hydrogen (secondary N) is 1. The van der Waals surface area contributed by atoms with Gasteiger partial charge in [-0.15, -0.1) is 10.2 Å². The predicted molar refractivity (Wildman–Crippen MR) is 69.2 cm³/mol. The van der Waals surface area contributed by atoms with E-state index in [0.717, 1.165) is 5.39 Å². The number of hydrogen-bond acceptors (Lipinski definition) is 5. The average molecular weight is 273 g/mol. The number of halogens is 1. The van der Waals surface area contributed by atoms with Crippen LogP contribution in [-0.4, -0.2) is 29.8 Å². The summed E-state index contributed by atoms with van der Waals surface area (Å²) in [5.41, 5.74) is 0.657. The van der Waals surface area contributed by atoms with Gasteiger partial charge in [0.25, 0.3) is 11.3 Å². The van der Waals surface area contributed by atoms with Crippen molar-refractivity contribution in [2.45, 2.75) is 0 Å². The fourth-order valence-corrected chi connectivity index (χ4v) is 2.21. The third kappa shape index (κ3) is 1.36. The van der Waals surface area contributed by atoms with Crippen molar-refractivity contribution in [2.24, 2.45) is 0 Å². The van der Waals surface area contributed by atoms with Gasteiger partial charge in [-0.1, -0.05) is 18.2 Å². The fraction of sp³-hybridized carbons (Fsp3) is 0. The maximum absolute atomic E-state index is 12.0. The Bertz CT molecular complexity index is 1000. The van der Waals surface area contributed by atoms with Crippen LogP contribution in [0.5, 0.6) is 0 Å². The van der Waals surface area contributed by atoms with E-state index in [1.165, 1.54) is 4.52 Å². The van der Waals surface area contributed by atoms with Crippen molar-refractivity contribution < 1.29 is 0 Å². The molecule has 4 rings (SSSR count). The molecule has 3 heterocycles. The SMILES string of the molecule is O=c1nc2c(nc3nnc(Cl)[nH]n32)c2ccccc12. The number of pyridine rings is 1. The lowest BCUT2D eigenvalue weighted by Gasteiger charge is -1.97. The molecule has 4 aromatic rings. The quantitative estimate of drug-likeness (QED) is 0.519. The first-order valence-corrected chi connectivity index (χ1v) is 5.81. The molecule has 0 saturated carbocycles. The highest BCUT2D eigenvalue weighted by molar-refractivity contribution is 6.28. The zero-order chi connectivity index (χ0) is 13.0. The van der Waals surface area contributed by atoms with Crippen molar-refractivity contribution >= 4 is 39.3 Å². The molecule has 7 nitrogen and oxygen atoms in total. The van der Waals surface area contributed by atoms with Gasteiger partial charge in [-0.25, -0.2) is 4.98 Å². The number of H-pyrrole nitrogens is 1. The molecule has 0 amide bonds. The Morgan fingerprint density at radius 3 is 2.74 bits per heavy atom. The topological polar surface area (TPSA) is 88.8 Å². The standard InChI is InChI=1S/C11H5ClN6O/c12-10-15-16-11-13-7-5-3-1-2-4-6(5)9(19)14-8(7)18(11)17-10/h1-4H,(H,15,17). The van der Waals surface area contributed by atoms with Gasteiger partial charge in [0.15, 0.2) is 5.65 Å². The van der Waals surface area contributed by atoms with Gasteiger partial charge in [0.1, 0.15) is 5.52 Å². The van der Waals surface area contributed by atoms with Gasteiger partial charge >= 0.3 is 0 Å². The lowest BCUT2D eigenvalue weighted by molar-refractivity contribution is 0.835. The summed E-state index contributed by atoms with van der Waals surface area (Å²) in [7, 11) is 0. The molecule has 0 aliphatic heterocycles. The summed E-state index contributed by atoms with van der Waals surface area (Å²) in [6, 6.07) is 7.17. The number of fused-ring (bicyclic) bond motifs is 5. The van der Waals surface area contributed by atoms with Crippen molar-refractivity contribution in [3.8, 4) is 0 Å². The molecular weight excluding hydrogens is 268 g/mol. The molecule has 0 atom stereocenters. The van der Waals surface area contributed by atoms with Crippen molar-refractivity contribution in [1.82, 2.24) is 29.8 Å². The number of imidazole rings is 1. The molecule has 1 aromatic carbocycles. The third-order valence-electron chi connectivity index (χ3n) is 2.89. The Labute approximate surface area is 109 Å². The number of hydrogen-bond donors (Lipinski definition) is 1. The summed E-state index contributed by atoms with van der Waals surface area (Å²) in [6.45, 7) is 0. The third-order valence-corrected chi connectivity index (χ3v) is 3.05. The molecule has 0 spiro atoms. The molecule has 0 aliphatic rings. The maximum Gasteiger partial charge on any atom is 0.279 e. The molecular formula is C11H5ClN6O. The number of benzene rings is 1. The number of nitrogens with zero attached hydrogens (tertiary/aromatic N) is 5. The van der Waals surface area contributed by atoms with Crippen molar-refractivity contribution in [1.29, 1.82) is 0 Å². The summed E-state index contributed by atoms with van der Waals surface area (Å²) in [6.07, 6.45) is 0. The summed E-state index contributed by atoms with van der Waals surface area (Å²) < 4.78 is 1.44. The van der Waals surface area contributed by atoms with Gasteiger partial charge in [0.05, 0.1) is 5.39 Å². The van der Waals surface area contributed by atoms with Gasteiger partial charge in [-0.3, -0.25) is 9.89 Å². The van der Waals surface area contributed by atoms with Crippen LogP contribution in [0.1, 0.15) is 0 Å². The Kier molecular flexibility index (Phi) is 1.91. The van der Waals surface area contributed by atoms with E-state index in [2.05, 4.69) is 25.3 Å². The first-order valence-electron chi connectivity index (χ1n) is 5.43. The molecule has 92 valence electrons. The first kappa shape index (κ1) is 10.4. The molecule has 19 heavy (non-hydrogen) atoms. The van der Waals surface area contributed by atoms with Crippen molar-refractivity contribution in [2.75, 3.05) is 0 Å². The van der Waals surface area contributed by atoms with E-state index in [1.807, 2.05) is 12.1 Å². The van der Waals surface area contributed by atoms with Crippen LogP contribution in [0.25, 0.3) is 27.7 Å². The highest BCUT2D eigenvalue weighted by Gasteiger charge is 2.13. The lowest BCUT2D eigenvalue weighted by atomic mass is 10.1. The second kappa shape index (κ2) is 3.48. The molecule has 1 N–H and O–H groups in total. The minimum Gasteiger partial charge on any atom is -0.267 e. The molecule has 0 bridgehead atoms. The smallest absolute Gasteiger partial charge is 0.267 e. The van der Waals surface area contributed by atoms with E-state index < -0.39 is 0 Å². The van der Waals surface area contributed by atoms with Crippen LogP contribution in [0.3, 0.4) is 0 Å². The number of aromatic amines is 1. The zero-order valence-electron chi connectivity index (χ0n) is 9.33. The van der Waals surface area contributed by atoms with Gasteiger partial charge < -0.3 is 0 Å². The highest BCUT2D eigenvalue weighted by atomic mass is 35.5. The van der Waals surface area contributed by atoms with Crippen LogP contribution in [0.4, 0.5) is 0 Å². The van der Waals surface area contributed by atoms with Crippen LogP contribution in [0.2, 0.25) is 5.28 Å². The van der Waals surface area contributed by atoms with Crippen LogP contribution in [-0.2, 0) is 0 Å². The zero-order valence-corrected chi connectivity index (χ0v) is 10.1. The molecule has 0 radical (unpaired) electrons. The molecule has 8 heteroatoms. The first-order chi connectivity index (χ1) is 9.24. The fourth-order valence-electron chi connectivity index (χ4n) is 2.09. The Hall–Kier alpha value is -2.54. The number of aromatic nitrogens is 6. The highest BCUT2D eigenvalue weighted by Crippen LogP contribution is 2.20. The molecule has 0 aliphatic carbocycles. The molecule has 0 unspecified atom stereocenters. The summed E-state index contributed by atoms with van der Waals surface area (Å²) >= 11 is 5.75. The van der Waals surface area contributed by atoms with Crippen LogP contribution < -0.4 is 5.56 Å². The second-order valence-electron chi connectivity index (χ2n) is 3.98. The van der Waals surface area contributed by atoms with Crippen molar-refractivity contribution in [3.05, 3.63) is 39.9 Å². The molecule has 3 aromatic heterocycles. The maximum atomic E-state index is 12.0. The average Bonchev–Trinajstić information content (AvgIpc) is 2.78. The molecule has 0 saturated heterocycles. The van der Waals surface area contributed by atoms with E-state index in [9.17, 15) is 4.79 Å². The number of rotatable bonds is 0. The molecule has 0 fully saturated rings. The lowest BCUT2D eigenvalue weighted by Crippen LogP contribution is -2.08. The van der Waals surface area contributed by atoms with E-state index in [0.29, 0.717) is 22.3 Å². The van der Waals surface area contributed by atoms with E-state index in [1.54, 1.807) is 12.1 Å². The second-order valence-corrected chi connectivity index (χ2v) is 4.34. The van der Waals surface area contributed by atoms with Gasteiger partial charge in [0, 0.05) is 5.39 Å². The Morgan fingerprint density at radius 1 is 1.11 bits per heavy atom. The van der Waals surface area contributed by atoms with Crippen LogP contribution in [0.15, 0.2) is 29.1 Å². The van der Waals surface area contributed by atoms with E-state index in [4.69, 9.17) is 11.6 Å². The van der Waals surface area contributed by atoms with Gasteiger partial charge in [-0.05, 0) is 17.7 Å². The largest absolute Gasteiger partial charge is 0.279 e. The van der Waals surface area contributed by atoms with Gasteiger partial charge in [0.2, 0.25) is 5.28 Å². The minimum absolute atomic E-state index is 0.0919. The summed E-state index contributed by atoms with van der Waals surface area (Å²) in [5, 5.41) is 11.6. The van der Waals surface area contributed by atoms with Crippen molar-refractivity contribution in [3.63, 3.8) is 0 Å². The Balaban J connectivity index is 2.36. The monoisotopic (exact) mass is 272 g/mol. The van der Waals surface area contributed by atoms with Crippen LogP contribution >= 0.6 is 11.6 Å². The van der Waals surface area contributed by atoms with Crippen LogP contribution in [0, 0.1) is 0 Å². The Morgan fingerprint density at radius 2 is 1.89 bits per heavy atom. The summed E-state index contributed by atoms with van der Waals surface area (Å²) in [4.78, 5) is 20.3. The minimum atomic E-state index is -0.314. The predicted octanol–water partition coefficient (Wildman–Crippen LogP) is 1.17. The summed E-state index contributed by atoms with van der Waals surface area (Å²) in [5.74, 6) is 0.308. The van der Waals surface area contributed by atoms with E-state index >= 15 is 0 Å². The van der Waals surface area contributed by atoms with Gasteiger partial charge in [-0.2, -0.15) is 9.50 Å².